The van der Waals surface area contributed by atoms with Crippen molar-refractivity contribution >= 4 is 27.3 Å². The molecule has 0 saturated carbocycles. The number of ketones is 1. The van der Waals surface area contributed by atoms with Crippen LogP contribution >= 0.6 is 11.3 Å². The summed E-state index contributed by atoms with van der Waals surface area (Å²) < 4.78 is 14.6. The molecular weight excluding hydrogens is 387 g/mol. The van der Waals surface area contributed by atoms with Crippen molar-refractivity contribution in [1.82, 2.24) is 9.55 Å². The fourth-order valence-electron chi connectivity index (χ4n) is 3.31. The molecule has 0 fully saturated rings. The fraction of sp³-hybridized carbons (Fsp3) is 0.174. The zero-order valence-corrected chi connectivity index (χ0v) is 16.7. The molecule has 4 rings (SSSR count). The van der Waals surface area contributed by atoms with Gasteiger partial charge in [0.2, 0.25) is 0 Å². The summed E-state index contributed by atoms with van der Waals surface area (Å²) in [5, 5.41) is 2.29. The predicted octanol–water partition coefficient (Wildman–Crippen LogP) is 5.10. The van der Waals surface area contributed by atoms with Gasteiger partial charge in [-0.2, -0.15) is 0 Å². The lowest BCUT2D eigenvalue weighted by molar-refractivity contribution is 0.0970. The van der Waals surface area contributed by atoms with Gasteiger partial charge in [-0.1, -0.05) is 49.7 Å². The Labute approximate surface area is 171 Å². The largest absolute Gasteiger partial charge is 0.292 e. The number of hydrogen-bond donors (Lipinski definition) is 0. The highest BCUT2D eigenvalue weighted by atomic mass is 32.1. The monoisotopic (exact) mass is 406 g/mol. The van der Waals surface area contributed by atoms with Gasteiger partial charge in [-0.3, -0.25) is 14.2 Å². The molecule has 2 aromatic carbocycles. The van der Waals surface area contributed by atoms with Crippen molar-refractivity contribution in [1.29, 1.82) is 0 Å². The van der Waals surface area contributed by atoms with Crippen LogP contribution in [0.15, 0.2) is 65.0 Å². The van der Waals surface area contributed by atoms with E-state index in [1.54, 1.807) is 24.3 Å². The van der Waals surface area contributed by atoms with Crippen LogP contribution in [0.5, 0.6) is 0 Å². The number of rotatable bonds is 6. The molecule has 0 spiro atoms. The van der Waals surface area contributed by atoms with Crippen molar-refractivity contribution in [3.63, 3.8) is 0 Å². The first kappa shape index (κ1) is 19.2. The number of hydrogen-bond acceptors (Lipinski definition) is 4. The van der Waals surface area contributed by atoms with Crippen LogP contribution in [0.3, 0.4) is 0 Å². The maximum atomic E-state index is 13.2. The molecule has 0 aliphatic heterocycles. The third-order valence-electron chi connectivity index (χ3n) is 4.84. The molecule has 0 N–H and O–H groups in total. The van der Waals surface area contributed by atoms with Gasteiger partial charge in [0.15, 0.2) is 5.78 Å². The Kier molecular flexibility index (Phi) is 5.36. The van der Waals surface area contributed by atoms with E-state index in [9.17, 15) is 14.0 Å². The van der Waals surface area contributed by atoms with Crippen molar-refractivity contribution in [3.05, 3.63) is 87.5 Å². The van der Waals surface area contributed by atoms with E-state index in [1.807, 2.05) is 17.5 Å². The first-order chi connectivity index (χ1) is 14.1. The number of benzene rings is 2. The van der Waals surface area contributed by atoms with Crippen LogP contribution in [-0.4, -0.2) is 15.3 Å². The van der Waals surface area contributed by atoms with Crippen LogP contribution in [-0.2, 0) is 13.0 Å². The van der Waals surface area contributed by atoms with E-state index in [2.05, 4.69) is 11.9 Å². The molecular formula is C23H19FN2O2S. The van der Waals surface area contributed by atoms with Gasteiger partial charge in [0.1, 0.15) is 10.6 Å². The van der Waals surface area contributed by atoms with Crippen molar-refractivity contribution in [2.45, 2.75) is 26.3 Å². The van der Waals surface area contributed by atoms with Gasteiger partial charge in [0.25, 0.3) is 5.56 Å². The Bertz CT molecular complexity index is 1220. The maximum absolute atomic E-state index is 13.2. The number of Topliss-reactive ketones (excluding diaryl/α,β-unsaturated/α-hetero) is 1. The average Bonchev–Trinajstić information content (AvgIpc) is 3.16. The Balaban J connectivity index is 1.67. The summed E-state index contributed by atoms with van der Waals surface area (Å²) in [4.78, 5) is 30.7. The SMILES string of the molecule is CCCc1ccc(C(=O)Cn2cnc3scc(-c4ccc(F)cc4)c3c2=O)cc1. The van der Waals surface area contributed by atoms with Crippen LogP contribution in [0.4, 0.5) is 4.39 Å². The zero-order chi connectivity index (χ0) is 20.4. The molecule has 0 radical (unpaired) electrons. The molecule has 4 aromatic rings. The molecule has 0 amide bonds. The Hall–Kier alpha value is -3.12. The second kappa shape index (κ2) is 8.09. The van der Waals surface area contributed by atoms with E-state index in [0.29, 0.717) is 21.3 Å². The van der Waals surface area contributed by atoms with Crippen LogP contribution in [0.1, 0.15) is 29.3 Å². The van der Waals surface area contributed by atoms with Gasteiger partial charge in [-0.15, -0.1) is 11.3 Å². The van der Waals surface area contributed by atoms with Gasteiger partial charge in [0, 0.05) is 16.5 Å². The van der Waals surface area contributed by atoms with E-state index in [0.717, 1.165) is 18.4 Å². The minimum atomic E-state index is -0.334. The number of halogens is 1. The molecule has 0 unspecified atom stereocenters. The maximum Gasteiger partial charge on any atom is 0.263 e. The standard InChI is InChI=1S/C23H19FN2O2S/c1-2-3-15-4-6-17(7-5-15)20(27)12-26-14-25-22-21(23(26)28)19(13-29-22)16-8-10-18(24)11-9-16/h4-11,13-14H,2-3,12H2,1H3. The molecule has 4 nitrogen and oxygen atoms in total. The summed E-state index contributed by atoms with van der Waals surface area (Å²) in [7, 11) is 0. The highest BCUT2D eigenvalue weighted by molar-refractivity contribution is 7.17. The number of carbonyl (C=O) groups is 1. The van der Waals surface area contributed by atoms with Crippen LogP contribution in [0, 0.1) is 5.82 Å². The van der Waals surface area contributed by atoms with E-state index in [4.69, 9.17) is 0 Å². The quantitative estimate of drug-likeness (QED) is 0.419. The van der Waals surface area contributed by atoms with E-state index in [1.165, 1.54) is 39.9 Å². The number of nitrogens with zero attached hydrogens (tertiary/aromatic N) is 2. The molecule has 2 aromatic heterocycles. The molecule has 0 saturated heterocycles. The van der Waals surface area contributed by atoms with Crippen molar-refractivity contribution in [3.8, 4) is 11.1 Å². The van der Waals surface area contributed by atoms with Crippen LogP contribution in [0.2, 0.25) is 0 Å². The second-order valence-electron chi connectivity index (χ2n) is 6.88. The van der Waals surface area contributed by atoms with E-state index in [-0.39, 0.29) is 23.7 Å². The average molecular weight is 406 g/mol. The predicted molar refractivity (Wildman–Crippen MR) is 114 cm³/mol. The lowest BCUT2D eigenvalue weighted by Gasteiger charge is -2.07. The number of carbonyl (C=O) groups excluding carboxylic acids is 1. The summed E-state index contributed by atoms with van der Waals surface area (Å²) in [6.45, 7) is 2.03. The molecule has 6 heteroatoms. The Morgan fingerprint density at radius 1 is 1.10 bits per heavy atom. The van der Waals surface area contributed by atoms with Gasteiger partial charge >= 0.3 is 0 Å². The van der Waals surface area contributed by atoms with E-state index < -0.39 is 0 Å². The van der Waals surface area contributed by atoms with Crippen molar-refractivity contribution in [2.24, 2.45) is 0 Å². The van der Waals surface area contributed by atoms with Crippen LogP contribution < -0.4 is 5.56 Å². The second-order valence-corrected chi connectivity index (χ2v) is 7.74. The van der Waals surface area contributed by atoms with Gasteiger partial charge in [-0.05, 0) is 29.7 Å². The number of aryl methyl sites for hydroxylation is 1. The van der Waals surface area contributed by atoms with Crippen molar-refractivity contribution in [2.75, 3.05) is 0 Å². The zero-order valence-electron chi connectivity index (χ0n) is 15.9. The normalized spacial score (nSPS) is 11.1. The van der Waals surface area contributed by atoms with E-state index >= 15 is 0 Å². The summed E-state index contributed by atoms with van der Waals surface area (Å²) in [6, 6.07) is 13.5. The topological polar surface area (TPSA) is 52.0 Å². The molecule has 146 valence electrons. The molecule has 29 heavy (non-hydrogen) atoms. The summed E-state index contributed by atoms with van der Waals surface area (Å²) in [6.07, 6.45) is 3.43. The smallest absolute Gasteiger partial charge is 0.263 e. The fourth-order valence-corrected chi connectivity index (χ4v) is 4.22. The number of fused-ring (bicyclic) bond motifs is 1. The number of thiophene rings is 1. The molecule has 0 aliphatic rings. The molecule has 0 atom stereocenters. The summed E-state index contributed by atoms with van der Waals surface area (Å²) in [5.74, 6) is -0.478. The summed E-state index contributed by atoms with van der Waals surface area (Å²) >= 11 is 1.35. The minimum Gasteiger partial charge on any atom is -0.292 e. The Morgan fingerprint density at radius 2 is 1.83 bits per heavy atom. The molecule has 2 heterocycles. The van der Waals surface area contributed by atoms with Gasteiger partial charge in [0.05, 0.1) is 18.3 Å². The molecule has 0 bridgehead atoms. The third-order valence-corrected chi connectivity index (χ3v) is 5.73. The summed E-state index contributed by atoms with van der Waals surface area (Å²) in [5.41, 5.74) is 2.93. The van der Waals surface area contributed by atoms with Gasteiger partial charge < -0.3 is 0 Å². The Morgan fingerprint density at radius 3 is 2.52 bits per heavy atom. The number of aromatic nitrogens is 2. The van der Waals surface area contributed by atoms with Crippen LogP contribution in [0.25, 0.3) is 21.3 Å². The lowest BCUT2D eigenvalue weighted by Crippen LogP contribution is -2.24. The highest BCUT2D eigenvalue weighted by Gasteiger charge is 2.15. The van der Waals surface area contributed by atoms with Gasteiger partial charge in [-0.25, -0.2) is 9.37 Å². The van der Waals surface area contributed by atoms with Crippen molar-refractivity contribution < 1.29 is 9.18 Å². The highest BCUT2D eigenvalue weighted by Crippen LogP contribution is 2.30. The first-order valence-electron chi connectivity index (χ1n) is 9.41. The third kappa shape index (κ3) is 3.89. The first-order valence-corrected chi connectivity index (χ1v) is 10.3. The minimum absolute atomic E-state index is 0.0758. The lowest BCUT2D eigenvalue weighted by atomic mass is 10.1. The molecule has 0 aliphatic carbocycles.